The molecule has 1 atom stereocenters. The van der Waals surface area contributed by atoms with Gasteiger partial charge in [0.05, 0.1) is 0 Å². The fraction of sp³-hybridized carbons (Fsp3) is 0.571. The van der Waals surface area contributed by atoms with E-state index >= 15 is 0 Å². The Balaban J connectivity index is 3.14. The number of aromatic hydroxyl groups is 1. The number of phenols is 1. The topological polar surface area (TPSA) is 47.9 Å². The molecule has 1 N–H and O–H groups in total. The van der Waals surface area contributed by atoms with Crippen molar-refractivity contribution in [3.63, 3.8) is 0 Å². The van der Waals surface area contributed by atoms with Gasteiger partial charge in [-0.1, -0.05) is 0 Å². The summed E-state index contributed by atoms with van der Waals surface area (Å²) in [4.78, 5) is 0. The van der Waals surface area contributed by atoms with Crippen molar-refractivity contribution in [2.45, 2.75) is 48.8 Å². The highest BCUT2D eigenvalue weighted by Crippen LogP contribution is 2.56. The summed E-state index contributed by atoms with van der Waals surface area (Å²) in [5.74, 6) is -17.4. The molecule has 1 aromatic carbocycles. The van der Waals surface area contributed by atoms with E-state index in [9.17, 15) is 70.2 Å². The van der Waals surface area contributed by atoms with Crippen molar-refractivity contribution in [1.82, 2.24) is 0 Å². The first-order valence-electron chi connectivity index (χ1n) is 7.64. The molecular formula is C14H6F16O4. The first-order chi connectivity index (χ1) is 14.8. The van der Waals surface area contributed by atoms with E-state index in [0.717, 1.165) is 0 Å². The third kappa shape index (κ3) is 5.63. The van der Waals surface area contributed by atoms with E-state index in [2.05, 4.69) is 4.74 Å². The van der Waals surface area contributed by atoms with Gasteiger partial charge in [-0.15, -0.1) is 0 Å². The number of hydrogen-bond acceptors (Lipinski definition) is 4. The molecule has 0 spiro atoms. The van der Waals surface area contributed by atoms with Crippen LogP contribution in [0.2, 0.25) is 0 Å². The Bertz CT molecular complexity index is 835. The molecule has 0 radical (unpaired) electrons. The molecule has 1 unspecified atom stereocenters. The van der Waals surface area contributed by atoms with Crippen molar-refractivity contribution in [1.29, 1.82) is 0 Å². The van der Waals surface area contributed by atoms with Gasteiger partial charge in [0.25, 0.3) is 0 Å². The fourth-order valence-electron chi connectivity index (χ4n) is 1.63. The zero-order valence-corrected chi connectivity index (χ0v) is 15.1. The minimum absolute atomic E-state index is 0.511. The molecule has 0 saturated carbocycles. The number of halogens is 16. The Hall–Kier alpha value is -2.38. The van der Waals surface area contributed by atoms with Crippen LogP contribution >= 0.6 is 0 Å². The Labute approximate surface area is 175 Å². The lowest BCUT2D eigenvalue weighted by Gasteiger charge is -2.36. The van der Waals surface area contributed by atoms with Crippen molar-refractivity contribution in [2.75, 3.05) is 0 Å². The summed E-state index contributed by atoms with van der Waals surface area (Å²) in [6, 6.07) is 2.32. The van der Waals surface area contributed by atoms with Crippen LogP contribution in [0, 0.1) is 0 Å². The van der Waals surface area contributed by atoms with Crippen LogP contribution in [0.3, 0.4) is 0 Å². The largest absolute Gasteiger partial charge is 0.508 e. The molecule has 0 amide bonds. The van der Waals surface area contributed by atoms with Crippen molar-refractivity contribution < 1.29 is 89.6 Å². The Morgan fingerprint density at radius 3 is 1.41 bits per heavy atom. The molecule has 0 aliphatic rings. The summed E-state index contributed by atoms with van der Waals surface area (Å²) in [5, 5.41) is 8.90. The zero-order chi connectivity index (χ0) is 27.2. The summed E-state index contributed by atoms with van der Waals surface area (Å²) < 4.78 is 213. The van der Waals surface area contributed by atoms with Gasteiger partial charge in [-0.05, 0) is 24.3 Å². The van der Waals surface area contributed by atoms with Crippen molar-refractivity contribution in [3.8, 4) is 11.5 Å². The maximum absolute atomic E-state index is 13.4. The molecule has 0 heterocycles. The Morgan fingerprint density at radius 2 is 1.00 bits per heavy atom. The molecule has 0 aromatic heterocycles. The van der Waals surface area contributed by atoms with Crippen LogP contribution in [-0.2, 0) is 9.47 Å². The highest BCUT2D eigenvalue weighted by atomic mass is 19.4. The predicted octanol–water partition coefficient (Wildman–Crippen LogP) is 6.30. The van der Waals surface area contributed by atoms with Gasteiger partial charge in [0.1, 0.15) is 11.5 Å². The van der Waals surface area contributed by atoms with Gasteiger partial charge in [-0.2, -0.15) is 70.2 Å². The molecule has 0 aliphatic carbocycles. The zero-order valence-electron chi connectivity index (χ0n) is 15.1. The molecule has 1 rings (SSSR count). The van der Waals surface area contributed by atoms with E-state index in [1.165, 1.54) is 4.74 Å². The fourth-order valence-corrected chi connectivity index (χ4v) is 1.63. The number of alkyl halides is 16. The molecule has 1 aromatic rings. The van der Waals surface area contributed by atoms with E-state index in [1.54, 1.807) is 0 Å². The van der Waals surface area contributed by atoms with Crippen LogP contribution in [-0.4, -0.2) is 53.9 Å². The third-order valence-electron chi connectivity index (χ3n) is 3.32. The second-order valence-electron chi connectivity index (χ2n) is 5.89. The molecule has 4 nitrogen and oxygen atoms in total. The lowest BCUT2D eigenvalue weighted by atomic mass is 10.1. The lowest BCUT2D eigenvalue weighted by molar-refractivity contribution is -0.547. The molecule has 0 bridgehead atoms. The van der Waals surface area contributed by atoms with Crippen LogP contribution in [0.4, 0.5) is 70.2 Å². The maximum atomic E-state index is 13.4. The smallest absolute Gasteiger partial charge is 0.460 e. The molecule has 0 saturated heterocycles. The summed E-state index contributed by atoms with van der Waals surface area (Å²) in [6.45, 7) is 0. The number of phenolic OH excluding ortho intramolecular Hbond substituents is 1. The molecule has 198 valence electrons. The average Bonchev–Trinajstić information content (AvgIpc) is 2.60. The number of rotatable bonds is 10. The quantitative estimate of drug-likeness (QED) is 0.353. The summed E-state index contributed by atoms with van der Waals surface area (Å²) in [6.07, 6.45) is -40.8. The van der Waals surface area contributed by atoms with E-state index < -0.39 is 60.3 Å². The highest BCUT2D eigenvalue weighted by molar-refractivity contribution is 5.30. The normalized spacial score (nSPS) is 15.9. The standard InChI is InChI=1S/C14H6F16O4/c15-7(32-6-3-1-5(31)2-4-6)8(16,17)33-13(27,28)14(29,30)34-12(25,26)10(20,21)9(18,19)11(22,23)24/h1-4,7,31H. The third-order valence-corrected chi connectivity index (χ3v) is 3.32. The van der Waals surface area contributed by atoms with E-state index in [4.69, 9.17) is 5.11 Å². The lowest BCUT2D eigenvalue weighted by Crippen LogP contribution is -2.64. The second kappa shape index (κ2) is 8.68. The predicted molar refractivity (Wildman–Crippen MR) is 71.5 cm³/mol. The average molecular weight is 542 g/mol. The van der Waals surface area contributed by atoms with Gasteiger partial charge in [0.15, 0.2) is 0 Å². The monoisotopic (exact) mass is 542 g/mol. The van der Waals surface area contributed by atoms with Crippen LogP contribution in [0.15, 0.2) is 24.3 Å². The SMILES string of the molecule is Oc1ccc(OC(F)C(F)(F)OC(F)(F)C(F)(F)OC(F)(F)C(F)(F)C(F)(F)C(F)(F)F)cc1. The first-order valence-corrected chi connectivity index (χ1v) is 7.64. The van der Waals surface area contributed by atoms with Gasteiger partial charge >= 0.3 is 48.8 Å². The van der Waals surface area contributed by atoms with Crippen LogP contribution in [0.5, 0.6) is 11.5 Å². The molecule has 20 heteroatoms. The van der Waals surface area contributed by atoms with Gasteiger partial charge in [-0.25, -0.2) is 9.47 Å². The Kier molecular flexibility index (Phi) is 7.57. The first kappa shape index (κ1) is 29.7. The number of benzene rings is 1. The van der Waals surface area contributed by atoms with E-state index in [-0.39, 0.29) is 0 Å². The maximum Gasteiger partial charge on any atom is 0.460 e. The van der Waals surface area contributed by atoms with Crippen molar-refractivity contribution in [2.24, 2.45) is 0 Å². The van der Waals surface area contributed by atoms with Gasteiger partial charge in [0.2, 0.25) is 0 Å². The van der Waals surface area contributed by atoms with Crippen molar-refractivity contribution in [3.05, 3.63) is 24.3 Å². The van der Waals surface area contributed by atoms with Gasteiger partial charge in [-0.3, -0.25) is 0 Å². The minimum Gasteiger partial charge on any atom is -0.508 e. The highest BCUT2D eigenvalue weighted by Gasteiger charge is 2.85. The minimum atomic E-state index is -8.00. The number of ether oxygens (including phenoxy) is 3. The van der Waals surface area contributed by atoms with Gasteiger partial charge in [0, 0.05) is 0 Å². The number of hydrogen-bond donors (Lipinski definition) is 1. The molecule has 0 aliphatic heterocycles. The van der Waals surface area contributed by atoms with E-state index in [0.29, 0.717) is 24.3 Å². The van der Waals surface area contributed by atoms with E-state index in [1.807, 2.05) is 4.74 Å². The summed E-state index contributed by atoms with van der Waals surface area (Å²) in [5.41, 5.74) is 0. The van der Waals surface area contributed by atoms with Crippen LogP contribution in [0.25, 0.3) is 0 Å². The summed E-state index contributed by atoms with van der Waals surface area (Å²) in [7, 11) is 0. The summed E-state index contributed by atoms with van der Waals surface area (Å²) >= 11 is 0. The molecular weight excluding hydrogens is 536 g/mol. The molecule has 34 heavy (non-hydrogen) atoms. The van der Waals surface area contributed by atoms with Crippen LogP contribution < -0.4 is 4.74 Å². The molecule has 0 fully saturated rings. The van der Waals surface area contributed by atoms with Crippen LogP contribution in [0.1, 0.15) is 0 Å². The van der Waals surface area contributed by atoms with Gasteiger partial charge < -0.3 is 9.84 Å². The van der Waals surface area contributed by atoms with Crippen molar-refractivity contribution >= 4 is 0 Å². The second-order valence-corrected chi connectivity index (χ2v) is 5.89. The Morgan fingerprint density at radius 1 is 0.588 bits per heavy atom.